The molecular weight excluding hydrogens is 256 g/mol. The van der Waals surface area contributed by atoms with Crippen LogP contribution in [0.1, 0.15) is 25.7 Å². The Balaban J connectivity index is 0.00000144. The quantitative estimate of drug-likeness (QED) is 0.854. The second kappa shape index (κ2) is 8.22. The van der Waals surface area contributed by atoms with Crippen LogP contribution in [-0.2, 0) is 4.79 Å². The lowest BCUT2D eigenvalue weighted by atomic mass is 9.93. The number of carbonyl (C=O) groups excluding carboxylic acids is 1. The van der Waals surface area contributed by atoms with Gasteiger partial charge in [0.2, 0.25) is 5.91 Å². The number of nitrogens with one attached hydrogen (secondary N) is 1. The summed E-state index contributed by atoms with van der Waals surface area (Å²) in [6.45, 7) is 4.21. The molecule has 17 heavy (non-hydrogen) atoms. The molecule has 3 nitrogen and oxygen atoms in total. The fourth-order valence-corrected chi connectivity index (χ4v) is 3.37. The van der Waals surface area contributed by atoms with Crippen molar-refractivity contribution in [2.75, 3.05) is 37.7 Å². The largest absolute Gasteiger partial charge is 0.341 e. The van der Waals surface area contributed by atoms with Crippen LogP contribution in [0.4, 0.5) is 0 Å². The van der Waals surface area contributed by atoms with Crippen molar-refractivity contribution in [2.45, 2.75) is 25.7 Å². The fraction of sp³-hybridized carbons (Fsp3) is 0.917. The van der Waals surface area contributed by atoms with Crippen LogP contribution in [0.25, 0.3) is 0 Å². The zero-order chi connectivity index (χ0) is 11.2. The van der Waals surface area contributed by atoms with E-state index in [0.29, 0.717) is 5.91 Å². The first kappa shape index (κ1) is 15.1. The minimum Gasteiger partial charge on any atom is -0.341 e. The van der Waals surface area contributed by atoms with Crippen LogP contribution >= 0.6 is 24.2 Å². The standard InChI is InChI=1S/C12H22N2OS.ClH/c15-12(14-7-9-16-10-8-14)2-1-11-3-5-13-6-4-11;/h11,13H,1-10H2;1H. The van der Waals surface area contributed by atoms with Gasteiger partial charge in [-0.2, -0.15) is 11.8 Å². The van der Waals surface area contributed by atoms with Gasteiger partial charge in [0.25, 0.3) is 0 Å². The van der Waals surface area contributed by atoms with Crippen LogP contribution in [-0.4, -0.2) is 48.5 Å². The van der Waals surface area contributed by atoms with Gasteiger partial charge in [-0.1, -0.05) is 0 Å². The lowest BCUT2D eigenvalue weighted by Gasteiger charge is -2.28. The van der Waals surface area contributed by atoms with Gasteiger partial charge in [0.15, 0.2) is 0 Å². The van der Waals surface area contributed by atoms with Crippen molar-refractivity contribution in [2.24, 2.45) is 5.92 Å². The summed E-state index contributed by atoms with van der Waals surface area (Å²) in [6.07, 6.45) is 4.38. The number of amides is 1. The Morgan fingerprint density at radius 1 is 1.24 bits per heavy atom. The summed E-state index contributed by atoms with van der Waals surface area (Å²) in [6, 6.07) is 0. The van der Waals surface area contributed by atoms with Gasteiger partial charge in [0.1, 0.15) is 0 Å². The summed E-state index contributed by atoms with van der Waals surface area (Å²) in [4.78, 5) is 14.0. The lowest BCUT2D eigenvalue weighted by molar-refractivity contribution is -0.131. The van der Waals surface area contributed by atoms with Gasteiger partial charge < -0.3 is 10.2 Å². The Bertz CT molecular complexity index is 229. The molecule has 0 aliphatic carbocycles. The van der Waals surface area contributed by atoms with E-state index < -0.39 is 0 Å². The Morgan fingerprint density at radius 3 is 2.53 bits per heavy atom. The fourth-order valence-electron chi connectivity index (χ4n) is 2.47. The summed E-state index contributed by atoms with van der Waals surface area (Å²) in [5.74, 6) is 3.42. The molecule has 1 amide bonds. The third-order valence-corrected chi connectivity index (χ3v) is 4.53. The highest BCUT2D eigenvalue weighted by molar-refractivity contribution is 7.99. The van der Waals surface area contributed by atoms with Gasteiger partial charge in [-0.3, -0.25) is 4.79 Å². The number of piperidine rings is 1. The third-order valence-electron chi connectivity index (χ3n) is 3.59. The number of hydrogen-bond acceptors (Lipinski definition) is 3. The predicted octanol–water partition coefficient (Wildman–Crippen LogP) is 1.76. The van der Waals surface area contributed by atoms with Crippen LogP contribution in [0.15, 0.2) is 0 Å². The third kappa shape index (κ3) is 5.06. The Labute approximate surface area is 114 Å². The second-order valence-corrected chi connectivity index (χ2v) is 5.95. The van der Waals surface area contributed by atoms with E-state index in [1.807, 2.05) is 11.8 Å². The first-order chi connectivity index (χ1) is 7.86. The molecule has 0 aromatic heterocycles. The SMILES string of the molecule is Cl.O=C(CCC1CCNCC1)N1CCSCC1. The number of halogens is 1. The Morgan fingerprint density at radius 2 is 1.88 bits per heavy atom. The molecule has 0 spiro atoms. The van der Waals surface area contributed by atoms with E-state index in [2.05, 4.69) is 10.2 Å². The Hall–Kier alpha value is 0.0700. The maximum atomic E-state index is 11.9. The van der Waals surface area contributed by atoms with Crippen LogP contribution < -0.4 is 5.32 Å². The topological polar surface area (TPSA) is 32.3 Å². The zero-order valence-electron chi connectivity index (χ0n) is 10.3. The predicted molar refractivity (Wildman–Crippen MR) is 76.0 cm³/mol. The second-order valence-electron chi connectivity index (χ2n) is 4.73. The monoisotopic (exact) mass is 278 g/mol. The molecule has 2 heterocycles. The highest BCUT2D eigenvalue weighted by Crippen LogP contribution is 2.19. The van der Waals surface area contributed by atoms with E-state index >= 15 is 0 Å². The van der Waals surface area contributed by atoms with Crippen molar-refractivity contribution >= 4 is 30.1 Å². The molecular formula is C12H23ClN2OS. The molecule has 0 saturated carbocycles. The van der Waals surface area contributed by atoms with Crippen LogP contribution in [0.3, 0.4) is 0 Å². The molecule has 2 aliphatic rings. The van der Waals surface area contributed by atoms with Crippen LogP contribution in [0.5, 0.6) is 0 Å². The van der Waals surface area contributed by atoms with E-state index in [9.17, 15) is 4.79 Å². The van der Waals surface area contributed by atoms with E-state index in [0.717, 1.165) is 56.4 Å². The van der Waals surface area contributed by atoms with E-state index in [-0.39, 0.29) is 12.4 Å². The van der Waals surface area contributed by atoms with Crippen molar-refractivity contribution < 1.29 is 4.79 Å². The van der Waals surface area contributed by atoms with Gasteiger partial charge in [0, 0.05) is 31.0 Å². The van der Waals surface area contributed by atoms with Crippen molar-refractivity contribution in [1.82, 2.24) is 10.2 Å². The highest BCUT2D eigenvalue weighted by Gasteiger charge is 2.19. The summed E-state index contributed by atoms with van der Waals surface area (Å²) in [5, 5.41) is 3.37. The van der Waals surface area contributed by atoms with Gasteiger partial charge in [0.05, 0.1) is 0 Å². The van der Waals surface area contributed by atoms with E-state index in [1.165, 1.54) is 12.8 Å². The van der Waals surface area contributed by atoms with Crippen LogP contribution in [0, 0.1) is 5.92 Å². The lowest BCUT2D eigenvalue weighted by Crippen LogP contribution is -2.38. The molecule has 0 aromatic rings. The molecule has 2 saturated heterocycles. The molecule has 5 heteroatoms. The molecule has 0 aromatic carbocycles. The van der Waals surface area contributed by atoms with Gasteiger partial charge in [-0.25, -0.2) is 0 Å². The van der Waals surface area contributed by atoms with Gasteiger partial charge in [-0.15, -0.1) is 12.4 Å². The van der Waals surface area contributed by atoms with Gasteiger partial charge >= 0.3 is 0 Å². The minimum absolute atomic E-state index is 0. The maximum Gasteiger partial charge on any atom is 0.222 e. The maximum absolute atomic E-state index is 11.9. The number of hydrogen-bond donors (Lipinski definition) is 1. The number of nitrogens with zero attached hydrogens (tertiary/aromatic N) is 1. The number of rotatable bonds is 3. The molecule has 2 fully saturated rings. The summed E-state index contributed by atoms with van der Waals surface area (Å²) >= 11 is 1.96. The molecule has 0 unspecified atom stereocenters. The summed E-state index contributed by atoms with van der Waals surface area (Å²) < 4.78 is 0. The summed E-state index contributed by atoms with van der Waals surface area (Å²) in [5.41, 5.74) is 0. The first-order valence-electron chi connectivity index (χ1n) is 6.42. The number of thioether (sulfide) groups is 1. The molecule has 2 rings (SSSR count). The molecule has 100 valence electrons. The molecule has 2 aliphatic heterocycles. The average Bonchev–Trinajstić information content (AvgIpc) is 2.38. The van der Waals surface area contributed by atoms with E-state index in [1.54, 1.807) is 0 Å². The highest BCUT2D eigenvalue weighted by atomic mass is 35.5. The van der Waals surface area contributed by atoms with E-state index in [4.69, 9.17) is 0 Å². The van der Waals surface area contributed by atoms with Crippen molar-refractivity contribution in [1.29, 1.82) is 0 Å². The first-order valence-corrected chi connectivity index (χ1v) is 7.58. The molecule has 0 atom stereocenters. The minimum atomic E-state index is 0. The number of carbonyl (C=O) groups is 1. The summed E-state index contributed by atoms with van der Waals surface area (Å²) in [7, 11) is 0. The van der Waals surface area contributed by atoms with Crippen molar-refractivity contribution in [3.05, 3.63) is 0 Å². The normalized spacial score (nSPS) is 22.0. The Kier molecular flexibility index (Phi) is 7.32. The molecule has 0 radical (unpaired) electrons. The van der Waals surface area contributed by atoms with Gasteiger partial charge in [-0.05, 0) is 38.3 Å². The van der Waals surface area contributed by atoms with Crippen LogP contribution in [0.2, 0.25) is 0 Å². The van der Waals surface area contributed by atoms with Crippen molar-refractivity contribution in [3.63, 3.8) is 0 Å². The average molecular weight is 279 g/mol. The van der Waals surface area contributed by atoms with Crippen molar-refractivity contribution in [3.8, 4) is 0 Å². The smallest absolute Gasteiger partial charge is 0.222 e. The molecule has 1 N–H and O–H groups in total. The zero-order valence-corrected chi connectivity index (χ0v) is 12.0. The molecule has 0 bridgehead atoms.